The van der Waals surface area contributed by atoms with Gasteiger partial charge in [-0.1, -0.05) is 0 Å². The number of likely N-dealkylation sites (N-methyl/N-ethyl adjacent to an activating group) is 1. The molecule has 0 saturated carbocycles. The van der Waals surface area contributed by atoms with Gasteiger partial charge in [0.25, 0.3) is 5.78 Å². The number of morpholine rings is 1. The molecule has 2 saturated heterocycles. The molecule has 0 bridgehead atoms. The topological polar surface area (TPSA) is 127 Å². The van der Waals surface area contributed by atoms with Crippen molar-refractivity contribution in [2.45, 2.75) is 0 Å². The third kappa shape index (κ3) is 6.11. The van der Waals surface area contributed by atoms with Crippen LogP contribution in [0.4, 0.5) is 17.6 Å². The number of anilines is 3. The van der Waals surface area contributed by atoms with Gasteiger partial charge in [0.2, 0.25) is 17.7 Å². The number of rotatable bonds is 10. The summed E-state index contributed by atoms with van der Waals surface area (Å²) in [6.45, 7) is 10.8. The first-order valence-corrected chi connectivity index (χ1v) is 13.8. The van der Waals surface area contributed by atoms with Gasteiger partial charge in [-0.3, -0.25) is 9.80 Å². The average Bonchev–Trinajstić information content (AvgIpc) is 3.68. The number of benzene rings is 1. The Balaban J connectivity index is 0.959. The summed E-state index contributed by atoms with van der Waals surface area (Å²) in [5.41, 5.74) is 7.39. The van der Waals surface area contributed by atoms with E-state index in [9.17, 15) is 0 Å². The summed E-state index contributed by atoms with van der Waals surface area (Å²) >= 11 is 0. The van der Waals surface area contributed by atoms with Gasteiger partial charge in [0, 0.05) is 71.6 Å². The highest BCUT2D eigenvalue weighted by Crippen LogP contribution is 2.22. The molecule has 40 heavy (non-hydrogen) atoms. The van der Waals surface area contributed by atoms with Crippen molar-refractivity contribution in [2.24, 2.45) is 0 Å². The number of nitrogens with two attached hydrogens (primary N) is 1. The predicted octanol–water partition coefficient (Wildman–Crippen LogP) is 1.33. The zero-order valence-corrected chi connectivity index (χ0v) is 22.9. The molecule has 0 amide bonds. The monoisotopic (exact) mass is 548 g/mol. The van der Waals surface area contributed by atoms with Gasteiger partial charge in [0.1, 0.15) is 12.4 Å². The second-order valence-corrected chi connectivity index (χ2v) is 10.1. The third-order valence-corrected chi connectivity index (χ3v) is 7.41. The molecule has 0 aliphatic carbocycles. The summed E-state index contributed by atoms with van der Waals surface area (Å²) in [7, 11) is 1.97. The van der Waals surface area contributed by atoms with E-state index in [2.05, 4.69) is 59.0 Å². The zero-order chi connectivity index (χ0) is 27.3. The highest BCUT2D eigenvalue weighted by Gasteiger charge is 2.19. The molecule has 0 radical (unpaired) electrons. The van der Waals surface area contributed by atoms with Crippen LogP contribution in [-0.4, -0.2) is 120 Å². The predicted molar refractivity (Wildman–Crippen MR) is 152 cm³/mol. The van der Waals surface area contributed by atoms with Crippen LogP contribution in [0.15, 0.2) is 47.1 Å². The van der Waals surface area contributed by atoms with Crippen molar-refractivity contribution < 1.29 is 13.9 Å². The second-order valence-electron chi connectivity index (χ2n) is 10.1. The maximum absolute atomic E-state index is 6.16. The van der Waals surface area contributed by atoms with Crippen LogP contribution in [0.5, 0.6) is 5.75 Å². The maximum atomic E-state index is 6.16. The van der Waals surface area contributed by atoms with E-state index in [0.29, 0.717) is 29.9 Å². The summed E-state index contributed by atoms with van der Waals surface area (Å²) < 4.78 is 18.2. The SMILES string of the molecule is CN(CCN1CCN(c2ccc(OCCN3CCOCC3)cc2)CC1)c1nc(N)n2nc(-c3ccco3)nc2n1. The Morgan fingerprint density at radius 3 is 2.45 bits per heavy atom. The summed E-state index contributed by atoms with van der Waals surface area (Å²) in [6, 6.07) is 12.1. The first kappa shape index (κ1) is 26.3. The van der Waals surface area contributed by atoms with Crippen LogP contribution in [-0.2, 0) is 4.74 Å². The number of nitrogen functional groups attached to an aromatic ring is 1. The van der Waals surface area contributed by atoms with Gasteiger partial charge in [-0.15, -0.1) is 5.10 Å². The quantitative estimate of drug-likeness (QED) is 0.307. The lowest BCUT2D eigenvalue weighted by atomic mass is 10.2. The van der Waals surface area contributed by atoms with Crippen LogP contribution < -0.4 is 20.3 Å². The second kappa shape index (κ2) is 12.1. The summed E-state index contributed by atoms with van der Waals surface area (Å²) in [6.07, 6.45) is 1.58. The van der Waals surface area contributed by atoms with Crippen LogP contribution in [0.3, 0.4) is 0 Å². The first-order chi connectivity index (χ1) is 19.6. The van der Waals surface area contributed by atoms with Gasteiger partial charge < -0.3 is 29.4 Å². The number of aromatic nitrogens is 5. The number of hydrogen-bond acceptors (Lipinski definition) is 12. The van der Waals surface area contributed by atoms with Crippen molar-refractivity contribution in [1.29, 1.82) is 0 Å². The van der Waals surface area contributed by atoms with E-state index in [0.717, 1.165) is 77.9 Å². The highest BCUT2D eigenvalue weighted by molar-refractivity contribution is 5.53. The van der Waals surface area contributed by atoms with Crippen LogP contribution in [0.25, 0.3) is 17.4 Å². The van der Waals surface area contributed by atoms with Gasteiger partial charge in [0.15, 0.2) is 5.76 Å². The molecule has 5 heterocycles. The fourth-order valence-corrected chi connectivity index (χ4v) is 4.97. The summed E-state index contributed by atoms with van der Waals surface area (Å²) in [4.78, 5) is 22.7. The third-order valence-electron chi connectivity index (χ3n) is 7.41. The lowest BCUT2D eigenvalue weighted by Crippen LogP contribution is -2.48. The van der Waals surface area contributed by atoms with Crippen LogP contribution in [0, 0.1) is 0 Å². The first-order valence-electron chi connectivity index (χ1n) is 13.8. The molecule has 2 aliphatic rings. The number of fused-ring (bicyclic) bond motifs is 1. The molecule has 212 valence electrons. The molecule has 4 aromatic rings. The molecule has 2 N–H and O–H groups in total. The number of piperazine rings is 1. The van der Waals surface area contributed by atoms with Gasteiger partial charge in [0.05, 0.1) is 19.5 Å². The zero-order valence-electron chi connectivity index (χ0n) is 22.9. The Bertz CT molecular complexity index is 1360. The van der Waals surface area contributed by atoms with Gasteiger partial charge >= 0.3 is 0 Å². The molecule has 13 nitrogen and oxygen atoms in total. The van der Waals surface area contributed by atoms with Gasteiger partial charge in [-0.2, -0.15) is 19.5 Å². The van der Waals surface area contributed by atoms with Crippen molar-refractivity contribution >= 4 is 23.4 Å². The van der Waals surface area contributed by atoms with E-state index in [-0.39, 0.29) is 5.95 Å². The minimum absolute atomic E-state index is 0.235. The van der Waals surface area contributed by atoms with Gasteiger partial charge in [-0.25, -0.2) is 0 Å². The molecule has 3 aromatic heterocycles. The minimum Gasteiger partial charge on any atom is -0.492 e. The van der Waals surface area contributed by atoms with Gasteiger partial charge in [-0.05, 0) is 36.4 Å². The smallest absolute Gasteiger partial charge is 0.259 e. The largest absolute Gasteiger partial charge is 0.492 e. The maximum Gasteiger partial charge on any atom is 0.259 e. The van der Waals surface area contributed by atoms with E-state index >= 15 is 0 Å². The molecule has 2 aliphatic heterocycles. The van der Waals surface area contributed by atoms with Crippen molar-refractivity contribution in [3.05, 3.63) is 42.7 Å². The van der Waals surface area contributed by atoms with E-state index in [4.69, 9.17) is 19.6 Å². The van der Waals surface area contributed by atoms with Crippen LogP contribution >= 0.6 is 0 Å². The molecule has 0 spiro atoms. The molecule has 2 fully saturated rings. The highest BCUT2D eigenvalue weighted by atomic mass is 16.5. The van der Waals surface area contributed by atoms with E-state index in [1.165, 1.54) is 10.2 Å². The molecule has 13 heteroatoms. The average molecular weight is 549 g/mol. The lowest BCUT2D eigenvalue weighted by molar-refractivity contribution is 0.0322. The fourth-order valence-electron chi connectivity index (χ4n) is 4.97. The minimum atomic E-state index is 0.235. The van der Waals surface area contributed by atoms with Crippen molar-refractivity contribution in [1.82, 2.24) is 34.4 Å². The Morgan fingerprint density at radius 2 is 1.70 bits per heavy atom. The van der Waals surface area contributed by atoms with E-state index in [1.807, 2.05) is 11.9 Å². The number of furan rings is 1. The lowest BCUT2D eigenvalue weighted by Gasteiger charge is -2.36. The summed E-state index contributed by atoms with van der Waals surface area (Å²) in [5.74, 6) is 3.05. The fraction of sp³-hybridized carbons (Fsp3) is 0.481. The molecule has 0 unspecified atom stereocenters. The van der Waals surface area contributed by atoms with E-state index < -0.39 is 0 Å². The van der Waals surface area contributed by atoms with Crippen LogP contribution in [0.2, 0.25) is 0 Å². The Hall–Kier alpha value is -3.94. The Labute approximate surface area is 233 Å². The van der Waals surface area contributed by atoms with Crippen molar-refractivity contribution in [2.75, 3.05) is 101 Å². The molecule has 1 aromatic carbocycles. The normalized spacial score (nSPS) is 17.0. The molecular weight excluding hydrogens is 512 g/mol. The summed E-state index contributed by atoms with van der Waals surface area (Å²) in [5, 5.41) is 4.36. The Morgan fingerprint density at radius 1 is 0.925 bits per heavy atom. The standard InChI is InChI=1S/C27H36N10O3/c1-33(26-30-25(28)37-27(31-26)29-24(32-37)23-3-2-17-40-23)8-9-34-10-12-36(13-11-34)21-4-6-22(7-5-21)39-20-16-35-14-18-38-19-15-35/h2-7,17H,8-16,18-20H2,1H3,(H2,28,29,30,31,32). The molecule has 0 atom stereocenters. The Kier molecular flexibility index (Phi) is 7.93. The van der Waals surface area contributed by atoms with Crippen molar-refractivity contribution in [3.8, 4) is 17.3 Å². The molecular formula is C27H36N10O3. The number of hydrogen-bond donors (Lipinski definition) is 1. The number of ether oxygens (including phenoxy) is 2. The van der Waals surface area contributed by atoms with Crippen LogP contribution in [0.1, 0.15) is 0 Å². The van der Waals surface area contributed by atoms with Crippen molar-refractivity contribution in [3.63, 3.8) is 0 Å². The number of nitrogens with zero attached hydrogens (tertiary/aromatic N) is 9. The van der Waals surface area contributed by atoms with E-state index in [1.54, 1.807) is 18.4 Å². The molecule has 6 rings (SSSR count).